The Balaban J connectivity index is 2.20. The number of benzene rings is 1. The first-order valence-electron chi connectivity index (χ1n) is 7.94. The molecule has 1 aromatic carbocycles. The first-order valence-corrected chi connectivity index (χ1v) is 7.94. The van der Waals surface area contributed by atoms with Crippen LogP contribution in [0.3, 0.4) is 0 Å². The van der Waals surface area contributed by atoms with E-state index in [4.69, 9.17) is 9.47 Å². The Morgan fingerprint density at radius 3 is 2.29 bits per heavy atom. The fraction of sp³-hybridized carbons (Fsp3) is 0.588. The molecule has 2 rings (SSSR count). The zero-order valence-electron chi connectivity index (χ0n) is 14.5. The average molecular weight is 342 g/mol. The molecule has 1 aliphatic rings. The summed E-state index contributed by atoms with van der Waals surface area (Å²) in [6, 6.07) is 1.79. The van der Waals surface area contributed by atoms with Crippen LogP contribution in [0.4, 0.5) is 13.6 Å². The highest BCUT2D eigenvalue weighted by atomic mass is 19.1. The number of hydrogen-bond acceptors (Lipinski definition) is 4. The third-order valence-electron chi connectivity index (χ3n) is 3.71. The maximum absolute atomic E-state index is 14.0. The Morgan fingerprint density at radius 1 is 1.29 bits per heavy atom. The fourth-order valence-electron chi connectivity index (χ4n) is 2.48. The Labute approximate surface area is 140 Å². The number of alkyl carbamates (subject to hydrolysis) is 1. The van der Waals surface area contributed by atoms with E-state index in [0.29, 0.717) is 12.1 Å². The fourth-order valence-corrected chi connectivity index (χ4v) is 2.48. The molecule has 1 fully saturated rings. The third-order valence-corrected chi connectivity index (χ3v) is 3.71. The smallest absolute Gasteiger partial charge is 0.408 e. The molecular weight excluding hydrogens is 318 g/mol. The van der Waals surface area contributed by atoms with Crippen molar-refractivity contribution in [3.8, 4) is 5.75 Å². The van der Waals surface area contributed by atoms with Gasteiger partial charge in [0.1, 0.15) is 5.60 Å². The lowest BCUT2D eigenvalue weighted by Gasteiger charge is -2.34. The monoisotopic (exact) mass is 342 g/mol. The van der Waals surface area contributed by atoms with Gasteiger partial charge in [-0.15, -0.1) is 0 Å². The lowest BCUT2D eigenvalue weighted by molar-refractivity contribution is 0.0478. The lowest BCUT2D eigenvalue weighted by Crippen LogP contribution is -2.45. The highest BCUT2D eigenvalue weighted by Gasteiger charge is 2.26. The van der Waals surface area contributed by atoms with Crippen molar-refractivity contribution in [1.82, 2.24) is 10.2 Å². The molecule has 0 aliphatic carbocycles. The average Bonchev–Trinajstić information content (AvgIpc) is 2.38. The van der Waals surface area contributed by atoms with Gasteiger partial charge >= 0.3 is 6.09 Å². The SMILES string of the molecule is COc1c(F)cc([C@@H](CN2CCC2)NC(=O)OC(C)(C)C)cc1F. The van der Waals surface area contributed by atoms with Crippen LogP contribution in [-0.2, 0) is 4.74 Å². The van der Waals surface area contributed by atoms with Gasteiger partial charge in [0.2, 0.25) is 0 Å². The normalized spacial score (nSPS) is 16.2. The van der Waals surface area contributed by atoms with Crippen molar-refractivity contribution >= 4 is 6.09 Å². The molecule has 0 saturated carbocycles. The molecule has 134 valence electrons. The molecule has 1 atom stereocenters. The number of amides is 1. The Bertz CT molecular complexity index is 575. The number of likely N-dealkylation sites (tertiary alicyclic amines) is 1. The van der Waals surface area contributed by atoms with Gasteiger partial charge in [-0.25, -0.2) is 13.6 Å². The molecule has 5 nitrogen and oxygen atoms in total. The largest absolute Gasteiger partial charge is 0.491 e. The van der Waals surface area contributed by atoms with E-state index in [1.165, 1.54) is 19.2 Å². The summed E-state index contributed by atoms with van der Waals surface area (Å²) in [7, 11) is 1.21. The highest BCUT2D eigenvalue weighted by Crippen LogP contribution is 2.27. The number of hydrogen-bond donors (Lipinski definition) is 1. The molecular formula is C17H24F2N2O3. The molecule has 1 aromatic rings. The number of rotatable bonds is 5. The molecule has 1 heterocycles. The Kier molecular flexibility index (Phi) is 5.64. The molecule has 1 saturated heterocycles. The van der Waals surface area contributed by atoms with Crippen molar-refractivity contribution < 1.29 is 23.0 Å². The highest BCUT2D eigenvalue weighted by molar-refractivity contribution is 5.68. The first kappa shape index (κ1) is 18.4. The molecule has 0 aromatic heterocycles. The zero-order valence-corrected chi connectivity index (χ0v) is 14.5. The molecule has 7 heteroatoms. The summed E-state index contributed by atoms with van der Waals surface area (Å²) in [5, 5.41) is 2.70. The lowest BCUT2D eigenvalue weighted by atomic mass is 10.0. The maximum Gasteiger partial charge on any atom is 0.408 e. The van der Waals surface area contributed by atoms with Crippen molar-refractivity contribution in [3.05, 3.63) is 29.3 Å². The molecule has 1 N–H and O–H groups in total. The molecule has 24 heavy (non-hydrogen) atoms. The van der Waals surface area contributed by atoms with Crippen LogP contribution in [0.5, 0.6) is 5.75 Å². The number of ether oxygens (including phenoxy) is 2. The number of carbonyl (C=O) groups excluding carboxylic acids is 1. The van der Waals surface area contributed by atoms with Crippen molar-refractivity contribution in [2.75, 3.05) is 26.7 Å². The van der Waals surface area contributed by atoms with E-state index in [1.807, 2.05) is 0 Å². The van der Waals surface area contributed by atoms with Gasteiger partial charge in [-0.05, 0) is 58.0 Å². The summed E-state index contributed by atoms with van der Waals surface area (Å²) >= 11 is 0. The molecule has 0 unspecified atom stereocenters. The van der Waals surface area contributed by atoms with E-state index in [2.05, 4.69) is 10.2 Å². The standard InChI is InChI=1S/C17H24F2N2O3/c1-17(2,3)24-16(22)20-14(10-21-6-5-7-21)11-8-12(18)15(23-4)13(19)9-11/h8-9,14H,5-7,10H2,1-4H3,(H,20,22)/t14-/m1/s1. The molecule has 0 bridgehead atoms. The van der Waals surface area contributed by atoms with Crippen molar-refractivity contribution in [2.24, 2.45) is 0 Å². The van der Waals surface area contributed by atoms with Crippen LogP contribution >= 0.6 is 0 Å². The second-order valence-electron chi connectivity index (χ2n) is 6.87. The Hall–Kier alpha value is -1.89. The number of nitrogens with zero attached hydrogens (tertiary/aromatic N) is 1. The van der Waals surface area contributed by atoms with Crippen LogP contribution < -0.4 is 10.1 Å². The van der Waals surface area contributed by atoms with Gasteiger partial charge < -0.3 is 19.7 Å². The van der Waals surface area contributed by atoms with Gasteiger partial charge in [0, 0.05) is 6.54 Å². The van der Waals surface area contributed by atoms with Crippen LogP contribution in [-0.4, -0.2) is 43.3 Å². The quantitative estimate of drug-likeness (QED) is 0.892. The summed E-state index contributed by atoms with van der Waals surface area (Å²) < 4.78 is 37.9. The number of methoxy groups -OCH3 is 1. The predicted octanol–water partition coefficient (Wildman–Crippen LogP) is 3.24. The zero-order chi connectivity index (χ0) is 17.9. The van der Waals surface area contributed by atoms with Crippen LogP contribution in [0.25, 0.3) is 0 Å². The molecule has 0 radical (unpaired) electrons. The van der Waals surface area contributed by atoms with Crippen LogP contribution in [0, 0.1) is 11.6 Å². The number of nitrogens with one attached hydrogen (secondary N) is 1. The molecule has 1 amide bonds. The van der Waals surface area contributed by atoms with Gasteiger partial charge in [0.25, 0.3) is 0 Å². The minimum absolute atomic E-state index is 0.337. The van der Waals surface area contributed by atoms with Crippen LogP contribution in [0.2, 0.25) is 0 Å². The Morgan fingerprint density at radius 2 is 1.88 bits per heavy atom. The second-order valence-corrected chi connectivity index (χ2v) is 6.87. The summed E-state index contributed by atoms with van der Waals surface area (Å²) in [5.41, 5.74) is -0.314. The number of carbonyl (C=O) groups is 1. The van der Waals surface area contributed by atoms with E-state index < -0.39 is 35.1 Å². The van der Waals surface area contributed by atoms with E-state index >= 15 is 0 Å². The molecule has 1 aliphatic heterocycles. The summed E-state index contributed by atoms with van der Waals surface area (Å²) in [5.74, 6) is -2.03. The van der Waals surface area contributed by atoms with E-state index in [-0.39, 0.29) is 0 Å². The van der Waals surface area contributed by atoms with Gasteiger partial charge in [0.05, 0.1) is 13.2 Å². The predicted molar refractivity (Wildman–Crippen MR) is 86.1 cm³/mol. The minimum atomic E-state index is -0.799. The van der Waals surface area contributed by atoms with Crippen molar-refractivity contribution in [1.29, 1.82) is 0 Å². The van der Waals surface area contributed by atoms with E-state index in [0.717, 1.165) is 19.5 Å². The van der Waals surface area contributed by atoms with Crippen molar-refractivity contribution in [2.45, 2.75) is 38.8 Å². The van der Waals surface area contributed by atoms with Gasteiger partial charge in [0.15, 0.2) is 17.4 Å². The van der Waals surface area contributed by atoms with Gasteiger partial charge in [-0.2, -0.15) is 0 Å². The summed E-state index contributed by atoms with van der Waals surface area (Å²) in [6.45, 7) is 7.52. The van der Waals surface area contributed by atoms with Crippen LogP contribution in [0.15, 0.2) is 12.1 Å². The number of halogens is 2. The van der Waals surface area contributed by atoms with E-state index in [9.17, 15) is 13.6 Å². The minimum Gasteiger partial charge on any atom is -0.491 e. The summed E-state index contributed by atoms with van der Waals surface area (Å²) in [6.07, 6.45) is 0.453. The second kappa shape index (κ2) is 7.34. The van der Waals surface area contributed by atoms with E-state index in [1.54, 1.807) is 20.8 Å². The van der Waals surface area contributed by atoms with Crippen molar-refractivity contribution in [3.63, 3.8) is 0 Å². The molecule has 0 spiro atoms. The first-order chi connectivity index (χ1) is 11.2. The van der Waals surface area contributed by atoms with Gasteiger partial charge in [-0.3, -0.25) is 0 Å². The maximum atomic E-state index is 14.0. The topological polar surface area (TPSA) is 50.8 Å². The van der Waals surface area contributed by atoms with Gasteiger partial charge in [-0.1, -0.05) is 0 Å². The third kappa shape index (κ3) is 4.80. The van der Waals surface area contributed by atoms with Crippen LogP contribution in [0.1, 0.15) is 38.8 Å². The summed E-state index contributed by atoms with van der Waals surface area (Å²) in [4.78, 5) is 14.2.